The molecule has 0 saturated carbocycles. The number of aryl methyl sites for hydroxylation is 3. The molecule has 0 aromatic carbocycles. The van der Waals surface area contributed by atoms with Gasteiger partial charge in [0, 0.05) is 11.6 Å². The quantitative estimate of drug-likeness (QED) is 0.876. The van der Waals surface area contributed by atoms with E-state index in [-0.39, 0.29) is 18.9 Å². The number of nitrogens with one attached hydrogen (secondary N) is 1. The molecule has 0 saturated heterocycles. The molecule has 1 amide bonds. The van der Waals surface area contributed by atoms with Crippen molar-refractivity contribution in [2.75, 3.05) is 6.54 Å². The topological polar surface area (TPSA) is 88.5 Å². The summed E-state index contributed by atoms with van der Waals surface area (Å²) in [6.45, 7) is 7.12. The van der Waals surface area contributed by atoms with Gasteiger partial charge in [0.05, 0.1) is 18.7 Å². The van der Waals surface area contributed by atoms with Crippen molar-refractivity contribution in [2.24, 2.45) is 0 Å². The van der Waals surface area contributed by atoms with E-state index in [1.54, 1.807) is 32.9 Å². The van der Waals surface area contributed by atoms with Crippen LogP contribution in [0.5, 0.6) is 0 Å². The highest BCUT2D eigenvalue weighted by atomic mass is 16.5. The van der Waals surface area contributed by atoms with Crippen LogP contribution < -0.4 is 5.32 Å². The molecule has 0 bridgehead atoms. The lowest BCUT2D eigenvalue weighted by Crippen LogP contribution is -2.39. The summed E-state index contributed by atoms with van der Waals surface area (Å²) in [4.78, 5) is 11.9. The van der Waals surface area contributed by atoms with Crippen molar-refractivity contribution in [1.29, 1.82) is 0 Å². The Morgan fingerprint density at radius 2 is 2.05 bits per heavy atom. The van der Waals surface area contributed by atoms with Crippen LogP contribution in [0.2, 0.25) is 0 Å². The lowest BCUT2D eigenvalue weighted by Gasteiger charge is -2.23. The normalized spacial score (nSPS) is 14.0. The van der Waals surface area contributed by atoms with Gasteiger partial charge in [-0.1, -0.05) is 5.16 Å². The third-order valence-corrected chi connectivity index (χ3v) is 3.27. The molecule has 21 heavy (non-hydrogen) atoms. The number of carbonyl (C=O) groups excluding carboxylic acids is 1. The maximum Gasteiger partial charge on any atom is 0.226 e. The number of furan rings is 1. The number of carbonyl (C=O) groups is 1. The highest BCUT2D eigenvalue weighted by Crippen LogP contribution is 2.26. The van der Waals surface area contributed by atoms with E-state index in [1.165, 1.54) is 0 Å². The number of aromatic nitrogens is 1. The van der Waals surface area contributed by atoms with Gasteiger partial charge in [0.15, 0.2) is 0 Å². The van der Waals surface area contributed by atoms with Crippen molar-refractivity contribution >= 4 is 5.91 Å². The van der Waals surface area contributed by atoms with E-state index in [4.69, 9.17) is 8.94 Å². The van der Waals surface area contributed by atoms with E-state index in [0.29, 0.717) is 22.8 Å². The van der Waals surface area contributed by atoms with Crippen molar-refractivity contribution in [1.82, 2.24) is 10.5 Å². The number of nitrogens with zero attached hydrogens (tertiary/aromatic N) is 1. The van der Waals surface area contributed by atoms with E-state index in [2.05, 4.69) is 10.5 Å². The van der Waals surface area contributed by atoms with E-state index >= 15 is 0 Å². The summed E-state index contributed by atoms with van der Waals surface area (Å²) in [5, 5.41) is 17.0. The van der Waals surface area contributed by atoms with Crippen LogP contribution in [0.15, 0.2) is 21.1 Å². The molecule has 0 spiro atoms. The van der Waals surface area contributed by atoms with Gasteiger partial charge in [-0.3, -0.25) is 4.79 Å². The van der Waals surface area contributed by atoms with Gasteiger partial charge < -0.3 is 19.4 Å². The molecule has 0 aliphatic rings. The lowest BCUT2D eigenvalue weighted by atomic mass is 9.96. The predicted octanol–water partition coefficient (Wildman–Crippen LogP) is 1.76. The van der Waals surface area contributed by atoms with E-state index in [1.807, 2.05) is 6.92 Å². The Morgan fingerprint density at radius 3 is 2.57 bits per heavy atom. The Balaban J connectivity index is 1.95. The number of rotatable bonds is 5. The molecule has 0 fully saturated rings. The van der Waals surface area contributed by atoms with Gasteiger partial charge in [-0.2, -0.15) is 0 Å². The maximum absolute atomic E-state index is 11.9. The first-order valence-corrected chi connectivity index (χ1v) is 6.77. The van der Waals surface area contributed by atoms with Crippen LogP contribution in [-0.4, -0.2) is 22.7 Å². The van der Waals surface area contributed by atoms with Crippen molar-refractivity contribution in [3.05, 3.63) is 40.7 Å². The van der Waals surface area contributed by atoms with E-state index in [0.717, 1.165) is 5.76 Å². The summed E-state index contributed by atoms with van der Waals surface area (Å²) in [6, 6.07) is 3.49. The molecule has 2 N–H and O–H groups in total. The molecule has 114 valence electrons. The highest BCUT2D eigenvalue weighted by molar-refractivity contribution is 5.78. The van der Waals surface area contributed by atoms with Crippen molar-refractivity contribution in [2.45, 2.75) is 39.7 Å². The first kappa shape index (κ1) is 15.3. The average Bonchev–Trinajstić information content (AvgIpc) is 2.93. The molecular formula is C15H20N2O4. The smallest absolute Gasteiger partial charge is 0.226 e. The number of amides is 1. The van der Waals surface area contributed by atoms with Crippen LogP contribution in [0, 0.1) is 20.8 Å². The minimum absolute atomic E-state index is 0.0997. The fourth-order valence-electron chi connectivity index (χ4n) is 2.26. The zero-order chi connectivity index (χ0) is 15.6. The summed E-state index contributed by atoms with van der Waals surface area (Å²) in [6.07, 6.45) is 0.122. The molecule has 2 heterocycles. The Kier molecular flexibility index (Phi) is 4.18. The first-order chi connectivity index (χ1) is 9.78. The van der Waals surface area contributed by atoms with E-state index < -0.39 is 5.60 Å². The molecule has 0 radical (unpaired) electrons. The first-order valence-electron chi connectivity index (χ1n) is 6.77. The lowest BCUT2D eigenvalue weighted by molar-refractivity contribution is -0.121. The second-order valence-corrected chi connectivity index (χ2v) is 5.48. The fourth-order valence-corrected chi connectivity index (χ4v) is 2.26. The van der Waals surface area contributed by atoms with E-state index in [9.17, 15) is 9.90 Å². The predicted molar refractivity (Wildman–Crippen MR) is 75.7 cm³/mol. The summed E-state index contributed by atoms with van der Waals surface area (Å²) in [5.74, 6) is 1.82. The van der Waals surface area contributed by atoms with Crippen LogP contribution in [0.1, 0.15) is 35.5 Å². The molecule has 1 atom stereocenters. The summed E-state index contributed by atoms with van der Waals surface area (Å²) in [7, 11) is 0. The Bertz CT molecular complexity index is 640. The zero-order valence-corrected chi connectivity index (χ0v) is 12.7. The second kappa shape index (κ2) is 5.73. The standard InChI is InChI=1S/C15H20N2O4/c1-9-6-13(11(3)20-9)15(4,19)8-16-14(18)7-12-5-10(2)21-17-12/h5-6,19H,7-8H2,1-4H3,(H,16,18)/t15-/m1/s1. The molecule has 2 aromatic heterocycles. The zero-order valence-electron chi connectivity index (χ0n) is 12.7. The van der Waals surface area contributed by atoms with Gasteiger partial charge in [-0.05, 0) is 33.8 Å². The number of hydrogen-bond donors (Lipinski definition) is 2. The van der Waals surface area contributed by atoms with Gasteiger partial charge in [0.2, 0.25) is 5.91 Å². The third kappa shape index (κ3) is 3.72. The summed E-state index contributed by atoms with van der Waals surface area (Å²) >= 11 is 0. The van der Waals surface area contributed by atoms with Gasteiger partial charge in [-0.25, -0.2) is 0 Å². The SMILES string of the molecule is Cc1cc(CC(=O)NC[C@@](C)(O)c2cc(C)oc2C)no1. The fraction of sp³-hybridized carbons (Fsp3) is 0.467. The molecule has 6 nitrogen and oxygen atoms in total. The number of hydrogen-bond acceptors (Lipinski definition) is 5. The van der Waals surface area contributed by atoms with Crippen molar-refractivity contribution < 1.29 is 18.8 Å². The van der Waals surface area contributed by atoms with Crippen LogP contribution >= 0.6 is 0 Å². The van der Waals surface area contributed by atoms with Gasteiger partial charge in [0.25, 0.3) is 0 Å². The Labute approximate surface area is 123 Å². The summed E-state index contributed by atoms with van der Waals surface area (Å²) < 4.78 is 10.3. The van der Waals surface area contributed by atoms with Gasteiger partial charge in [0.1, 0.15) is 22.9 Å². The van der Waals surface area contributed by atoms with Crippen LogP contribution in [-0.2, 0) is 16.8 Å². The number of aliphatic hydroxyl groups is 1. The minimum Gasteiger partial charge on any atom is -0.466 e. The Hall–Kier alpha value is -2.08. The van der Waals surface area contributed by atoms with Crippen molar-refractivity contribution in [3.8, 4) is 0 Å². The molecular weight excluding hydrogens is 272 g/mol. The Morgan fingerprint density at radius 1 is 1.33 bits per heavy atom. The molecule has 0 unspecified atom stereocenters. The maximum atomic E-state index is 11.9. The second-order valence-electron chi connectivity index (χ2n) is 5.48. The van der Waals surface area contributed by atoms with Crippen LogP contribution in [0.4, 0.5) is 0 Å². The average molecular weight is 292 g/mol. The monoisotopic (exact) mass is 292 g/mol. The van der Waals surface area contributed by atoms with Gasteiger partial charge >= 0.3 is 0 Å². The molecule has 2 aromatic rings. The minimum atomic E-state index is -1.18. The molecule has 6 heteroatoms. The molecule has 0 aliphatic carbocycles. The van der Waals surface area contributed by atoms with Crippen molar-refractivity contribution in [3.63, 3.8) is 0 Å². The van der Waals surface area contributed by atoms with Gasteiger partial charge in [-0.15, -0.1) is 0 Å². The molecule has 2 rings (SSSR count). The van der Waals surface area contributed by atoms with Crippen LogP contribution in [0.3, 0.4) is 0 Å². The third-order valence-electron chi connectivity index (χ3n) is 3.27. The highest BCUT2D eigenvalue weighted by Gasteiger charge is 2.28. The largest absolute Gasteiger partial charge is 0.466 e. The van der Waals surface area contributed by atoms with Crippen LogP contribution in [0.25, 0.3) is 0 Å². The summed E-state index contributed by atoms with van der Waals surface area (Å²) in [5.41, 5.74) is 0.0645. The molecule has 0 aliphatic heterocycles.